The molecular weight excluding hydrogens is 346 g/mol. The van der Waals surface area contributed by atoms with Crippen molar-refractivity contribution in [2.24, 2.45) is 0 Å². The maximum Gasteiger partial charge on any atom is 0.282 e. The van der Waals surface area contributed by atoms with Gasteiger partial charge in [-0.2, -0.15) is 4.98 Å². The molecule has 0 aliphatic rings. The number of hydrogen-bond donors (Lipinski definition) is 0. The van der Waals surface area contributed by atoms with Crippen LogP contribution in [0.2, 0.25) is 5.02 Å². The molecule has 0 radical (unpaired) electrons. The van der Waals surface area contributed by atoms with Gasteiger partial charge >= 0.3 is 0 Å². The summed E-state index contributed by atoms with van der Waals surface area (Å²) in [5.41, 5.74) is 0.915. The average Bonchev–Trinajstić information content (AvgIpc) is 2.60. The summed E-state index contributed by atoms with van der Waals surface area (Å²) < 4.78 is 0. The maximum absolute atomic E-state index is 12.3. The second-order valence-electron chi connectivity index (χ2n) is 5.10. The normalized spacial score (nSPS) is 10.4. The molecule has 120 valence electrons. The van der Waals surface area contributed by atoms with Gasteiger partial charge in [-0.05, 0) is 43.3 Å². The van der Waals surface area contributed by atoms with Crippen LogP contribution in [0.4, 0.5) is 10.8 Å². The van der Waals surface area contributed by atoms with Crippen LogP contribution >= 0.6 is 22.9 Å². The number of aromatic nitrogens is 2. The number of nitrogens with zero attached hydrogens (tertiary/aromatic N) is 3. The molecule has 3 aromatic rings. The molecule has 0 unspecified atom stereocenters. The van der Waals surface area contributed by atoms with Gasteiger partial charge in [0, 0.05) is 22.5 Å². The third-order valence-electron chi connectivity index (χ3n) is 3.33. The predicted molar refractivity (Wildman–Crippen MR) is 97.0 cm³/mol. The molecule has 24 heavy (non-hydrogen) atoms. The molecule has 2 aromatic heterocycles. The molecule has 0 spiro atoms. The first kappa shape index (κ1) is 16.3. The van der Waals surface area contributed by atoms with Gasteiger partial charge in [0.05, 0.1) is 11.9 Å². The molecule has 0 N–H and O–H groups in total. The average molecular weight is 358 g/mol. The lowest BCUT2D eigenvalue weighted by atomic mass is 10.2. The van der Waals surface area contributed by atoms with Crippen molar-refractivity contribution in [3.05, 3.63) is 63.5 Å². The highest BCUT2D eigenvalue weighted by Crippen LogP contribution is 2.30. The second-order valence-corrected chi connectivity index (χ2v) is 6.50. The quantitative estimate of drug-likeness (QED) is 0.667. The van der Waals surface area contributed by atoms with E-state index in [1.54, 1.807) is 42.3 Å². The molecule has 0 aliphatic carbocycles. The Morgan fingerprint density at radius 2 is 2.04 bits per heavy atom. The number of halogens is 1. The van der Waals surface area contributed by atoms with Crippen LogP contribution in [0.15, 0.2) is 53.0 Å². The summed E-state index contributed by atoms with van der Waals surface area (Å²) in [6.07, 6.45) is 1.63. The number of benzene rings is 1. The molecule has 1 aromatic carbocycles. The van der Waals surface area contributed by atoms with Crippen LogP contribution in [0, 0.1) is 0 Å². The summed E-state index contributed by atoms with van der Waals surface area (Å²) in [5.74, 6) is 1.88. The smallest absolute Gasteiger partial charge is 0.282 e. The first-order valence-corrected chi connectivity index (χ1v) is 8.27. The molecule has 0 amide bonds. The van der Waals surface area contributed by atoms with Crippen molar-refractivity contribution in [2.45, 2.75) is 6.92 Å². The molecule has 5 nitrogen and oxygen atoms in total. The van der Waals surface area contributed by atoms with Crippen LogP contribution in [0.3, 0.4) is 0 Å². The van der Waals surface area contributed by atoms with E-state index in [1.165, 1.54) is 11.3 Å². The fraction of sp³-hybridized carbons (Fsp3) is 0.118. The van der Waals surface area contributed by atoms with Gasteiger partial charge in [-0.1, -0.05) is 22.9 Å². The Bertz CT molecular complexity index is 995. The number of anilines is 2. The van der Waals surface area contributed by atoms with Crippen LogP contribution in [0.5, 0.6) is 0 Å². The molecule has 0 aliphatic heterocycles. The summed E-state index contributed by atoms with van der Waals surface area (Å²) in [7, 11) is 0. The Labute approximate surface area is 146 Å². The topological polar surface area (TPSA) is 63.2 Å². The van der Waals surface area contributed by atoms with Gasteiger partial charge in [0.2, 0.25) is 0 Å². The van der Waals surface area contributed by atoms with E-state index in [4.69, 9.17) is 11.6 Å². The Balaban J connectivity index is 2.16. The number of pyridine rings is 1. The highest BCUT2D eigenvalue weighted by atomic mass is 35.5. The second kappa shape index (κ2) is 6.93. The summed E-state index contributed by atoms with van der Waals surface area (Å²) in [6.45, 7) is 1.95. The number of rotatable bonds is 4. The van der Waals surface area contributed by atoms with E-state index in [0.29, 0.717) is 25.9 Å². The van der Waals surface area contributed by atoms with Crippen molar-refractivity contribution in [1.29, 1.82) is 0 Å². The van der Waals surface area contributed by atoms with Gasteiger partial charge in [-0.25, -0.2) is 9.78 Å². The standard InChI is InChI=1S/C17H12ClN3O2S/c1-11(10-22)9-21(13-6-4-12(18)5-7-13)17-20-15(23)14-3-2-8-19-16(14)24-17/h2-8H,9H2,1H3. The zero-order chi connectivity index (χ0) is 17.1. The van der Waals surface area contributed by atoms with Crippen LogP contribution in [0.1, 0.15) is 6.92 Å². The minimum absolute atomic E-state index is 0.270. The van der Waals surface area contributed by atoms with Gasteiger partial charge in [0.1, 0.15) is 10.8 Å². The van der Waals surface area contributed by atoms with E-state index >= 15 is 0 Å². The van der Waals surface area contributed by atoms with Crippen LogP contribution in [-0.2, 0) is 4.79 Å². The van der Waals surface area contributed by atoms with E-state index in [9.17, 15) is 9.59 Å². The molecule has 2 heterocycles. The van der Waals surface area contributed by atoms with E-state index in [-0.39, 0.29) is 12.1 Å². The molecule has 0 saturated carbocycles. The SMILES string of the molecule is CC(=C=O)CN(c1ccc(Cl)cc1)c1nc(=O)c2cccnc2s1. The molecule has 3 rings (SSSR count). The van der Waals surface area contributed by atoms with Crippen LogP contribution < -0.4 is 10.5 Å². The van der Waals surface area contributed by atoms with Gasteiger partial charge < -0.3 is 4.90 Å². The monoisotopic (exact) mass is 357 g/mol. The van der Waals surface area contributed by atoms with Gasteiger partial charge in [0.25, 0.3) is 5.56 Å². The lowest BCUT2D eigenvalue weighted by Gasteiger charge is -2.22. The number of fused-ring (bicyclic) bond motifs is 1. The van der Waals surface area contributed by atoms with Crippen molar-refractivity contribution < 1.29 is 4.79 Å². The summed E-state index contributed by atoms with van der Waals surface area (Å²) in [5, 5.41) is 1.54. The zero-order valence-electron chi connectivity index (χ0n) is 12.7. The van der Waals surface area contributed by atoms with Crippen LogP contribution in [0.25, 0.3) is 10.2 Å². The van der Waals surface area contributed by atoms with E-state index < -0.39 is 0 Å². The molecular formula is C17H12ClN3O2S. The molecule has 0 bridgehead atoms. The third-order valence-corrected chi connectivity index (χ3v) is 4.59. The Morgan fingerprint density at radius 3 is 2.75 bits per heavy atom. The summed E-state index contributed by atoms with van der Waals surface area (Å²) in [6, 6.07) is 10.5. The lowest BCUT2D eigenvalue weighted by molar-refractivity contribution is 0.566. The zero-order valence-corrected chi connectivity index (χ0v) is 14.3. The first-order valence-electron chi connectivity index (χ1n) is 7.08. The Kier molecular flexibility index (Phi) is 4.71. The highest BCUT2D eigenvalue weighted by molar-refractivity contribution is 7.21. The van der Waals surface area contributed by atoms with Gasteiger partial charge in [-0.15, -0.1) is 0 Å². The van der Waals surface area contributed by atoms with E-state index in [0.717, 1.165) is 5.69 Å². The van der Waals surface area contributed by atoms with Crippen molar-refractivity contribution in [3.8, 4) is 0 Å². The summed E-state index contributed by atoms with van der Waals surface area (Å²) in [4.78, 5) is 34.0. The number of hydrogen-bond acceptors (Lipinski definition) is 6. The lowest BCUT2D eigenvalue weighted by Crippen LogP contribution is -2.22. The summed E-state index contributed by atoms with van der Waals surface area (Å²) >= 11 is 7.23. The van der Waals surface area contributed by atoms with Crippen LogP contribution in [-0.4, -0.2) is 22.5 Å². The van der Waals surface area contributed by atoms with Gasteiger partial charge in [-0.3, -0.25) is 4.79 Å². The Morgan fingerprint density at radius 1 is 1.29 bits per heavy atom. The minimum atomic E-state index is -0.349. The molecule has 0 fully saturated rings. The fourth-order valence-corrected chi connectivity index (χ4v) is 3.25. The van der Waals surface area contributed by atoms with Crippen molar-refractivity contribution in [3.63, 3.8) is 0 Å². The molecule has 0 atom stereocenters. The van der Waals surface area contributed by atoms with Crippen molar-refractivity contribution in [1.82, 2.24) is 9.97 Å². The predicted octanol–water partition coefficient (Wildman–Crippen LogP) is 3.62. The van der Waals surface area contributed by atoms with Crippen molar-refractivity contribution >= 4 is 49.9 Å². The van der Waals surface area contributed by atoms with E-state index in [1.807, 2.05) is 18.1 Å². The maximum atomic E-state index is 12.3. The minimum Gasteiger partial charge on any atom is -0.313 e. The first-order chi connectivity index (χ1) is 11.6. The van der Waals surface area contributed by atoms with Crippen molar-refractivity contribution in [2.75, 3.05) is 11.4 Å². The highest BCUT2D eigenvalue weighted by Gasteiger charge is 2.15. The van der Waals surface area contributed by atoms with Gasteiger partial charge in [0.15, 0.2) is 5.13 Å². The number of carbonyl (C=O) groups excluding carboxylic acids is 1. The fourth-order valence-electron chi connectivity index (χ4n) is 2.17. The van der Waals surface area contributed by atoms with E-state index in [2.05, 4.69) is 9.97 Å². The molecule has 0 saturated heterocycles. The largest absolute Gasteiger partial charge is 0.313 e. The third kappa shape index (κ3) is 3.36. The Hall–Kier alpha value is -2.53. The molecule has 7 heteroatoms.